The first-order chi connectivity index (χ1) is 17.4. The topological polar surface area (TPSA) is 80.5 Å². The standard InChI is InChI=1S/C28H32N4O3S/c1-18(2)26-24(20-8-7-9-21(17-20)35-15-14-31-12-5-4-6-13-31)29-28(36-26)32-23-11-10-19(3)16-22(23)25(30-32)27(33)34/h7-11,16-18H,4-6,12-15H2,1-3H3,(H,33,34). The van der Waals surface area contributed by atoms with Crippen LogP contribution in [-0.4, -0.2) is 57.0 Å². The molecule has 0 amide bonds. The van der Waals surface area contributed by atoms with E-state index in [4.69, 9.17) is 9.72 Å². The van der Waals surface area contributed by atoms with Gasteiger partial charge in [0.25, 0.3) is 0 Å². The first-order valence-corrected chi connectivity index (χ1v) is 13.4. The lowest BCUT2D eigenvalue weighted by Gasteiger charge is -2.26. The normalized spacial score (nSPS) is 14.6. The first-order valence-electron chi connectivity index (χ1n) is 12.6. The van der Waals surface area contributed by atoms with E-state index in [2.05, 4.69) is 29.9 Å². The number of piperidine rings is 1. The quantitative estimate of drug-likeness (QED) is 0.310. The first kappa shape index (κ1) is 24.5. The van der Waals surface area contributed by atoms with Crippen LogP contribution in [0.5, 0.6) is 5.75 Å². The number of aryl methyl sites for hydroxylation is 1. The van der Waals surface area contributed by atoms with Crippen LogP contribution < -0.4 is 4.74 Å². The van der Waals surface area contributed by atoms with E-state index < -0.39 is 5.97 Å². The van der Waals surface area contributed by atoms with E-state index in [0.29, 0.717) is 17.1 Å². The van der Waals surface area contributed by atoms with Crippen molar-refractivity contribution >= 4 is 28.2 Å². The molecule has 0 bridgehead atoms. The molecule has 1 saturated heterocycles. The third kappa shape index (κ3) is 5.01. The number of thiazole rings is 1. The largest absolute Gasteiger partial charge is 0.492 e. The molecule has 1 aliphatic heterocycles. The molecule has 8 heteroatoms. The van der Waals surface area contributed by atoms with Crippen LogP contribution in [0.1, 0.15) is 60.0 Å². The summed E-state index contributed by atoms with van der Waals surface area (Å²) in [5.41, 5.74) is 3.65. The van der Waals surface area contributed by atoms with Gasteiger partial charge in [-0.3, -0.25) is 4.90 Å². The molecule has 0 spiro atoms. The Labute approximate surface area is 215 Å². The van der Waals surface area contributed by atoms with Gasteiger partial charge in [-0.25, -0.2) is 14.5 Å². The minimum Gasteiger partial charge on any atom is -0.492 e. The minimum atomic E-state index is -1.04. The van der Waals surface area contributed by atoms with Crippen LogP contribution >= 0.6 is 11.3 Å². The highest BCUT2D eigenvalue weighted by Crippen LogP contribution is 2.37. The maximum atomic E-state index is 11.9. The number of carboxylic acids is 1. The predicted molar refractivity (Wildman–Crippen MR) is 144 cm³/mol. The SMILES string of the molecule is Cc1ccc2c(c1)c(C(=O)O)nn2-c1nc(-c2cccc(OCCN3CCCCC3)c2)c(C(C)C)s1. The Hall–Kier alpha value is -3.23. The van der Waals surface area contributed by atoms with Gasteiger partial charge < -0.3 is 9.84 Å². The summed E-state index contributed by atoms with van der Waals surface area (Å²) in [4.78, 5) is 20.5. The van der Waals surface area contributed by atoms with Gasteiger partial charge in [0.05, 0.1) is 11.2 Å². The zero-order valence-electron chi connectivity index (χ0n) is 21.0. The second kappa shape index (κ2) is 10.4. The van der Waals surface area contributed by atoms with Crippen LogP contribution in [0, 0.1) is 6.92 Å². The molecule has 36 heavy (non-hydrogen) atoms. The van der Waals surface area contributed by atoms with E-state index in [9.17, 15) is 9.90 Å². The molecule has 188 valence electrons. The lowest BCUT2D eigenvalue weighted by molar-refractivity contribution is 0.0692. The third-order valence-corrected chi connectivity index (χ3v) is 7.95. The molecule has 0 atom stereocenters. The number of nitrogens with zero attached hydrogens (tertiary/aromatic N) is 4. The summed E-state index contributed by atoms with van der Waals surface area (Å²) in [6.45, 7) is 10.2. The van der Waals surface area contributed by atoms with Crippen LogP contribution in [0.4, 0.5) is 0 Å². The molecule has 0 saturated carbocycles. The van der Waals surface area contributed by atoms with Crippen LogP contribution in [0.25, 0.3) is 27.3 Å². The van der Waals surface area contributed by atoms with E-state index in [0.717, 1.165) is 52.6 Å². The van der Waals surface area contributed by atoms with E-state index in [-0.39, 0.29) is 11.6 Å². The Balaban J connectivity index is 1.46. The van der Waals surface area contributed by atoms with Crippen LogP contribution in [0.15, 0.2) is 42.5 Å². The van der Waals surface area contributed by atoms with Gasteiger partial charge in [-0.05, 0) is 63.0 Å². The van der Waals surface area contributed by atoms with Crippen molar-refractivity contribution in [1.82, 2.24) is 19.7 Å². The highest BCUT2D eigenvalue weighted by molar-refractivity contribution is 7.14. The van der Waals surface area contributed by atoms with Gasteiger partial charge in [0, 0.05) is 22.4 Å². The highest BCUT2D eigenvalue weighted by atomic mass is 32.1. The van der Waals surface area contributed by atoms with Crippen LogP contribution in [0.2, 0.25) is 0 Å². The average molecular weight is 505 g/mol. The number of hydrogen-bond acceptors (Lipinski definition) is 6. The van der Waals surface area contributed by atoms with E-state index in [1.165, 1.54) is 19.3 Å². The number of ether oxygens (including phenoxy) is 1. The van der Waals surface area contributed by atoms with Gasteiger partial charge in [-0.2, -0.15) is 5.10 Å². The van der Waals surface area contributed by atoms with Gasteiger partial charge >= 0.3 is 5.97 Å². The molecular weight excluding hydrogens is 472 g/mol. The van der Waals surface area contributed by atoms with E-state index >= 15 is 0 Å². The fourth-order valence-corrected chi connectivity index (χ4v) is 5.81. The Morgan fingerprint density at radius 1 is 1.14 bits per heavy atom. The summed E-state index contributed by atoms with van der Waals surface area (Å²) in [5, 5.41) is 15.5. The number of benzene rings is 2. The van der Waals surface area contributed by atoms with Crippen molar-refractivity contribution in [3.05, 3.63) is 58.6 Å². The molecule has 0 unspecified atom stereocenters. The van der Waals surface area contributed by atoms with Crippen molar-refractivity contribution in [1.29, 1.82) is 0 Å². The summed E-state index contributed by atoms with van der Waals surface area (Å²) in [6.07, 6.45) is 3.89. The molecule has 1 N–H and O–H groups in total. The molecular formula is C28H32N4O3S. The number of hydrogen-bond donors (Lipinski definition) is 1. The van der Waals surface area contributed by atoms with Crippen LogP contribution in [0.3, 0.4) is 0 Å². The fraction of sp³-hybridized carbons (Fsp3) is 0.393. The van der Waals surface area contributed by atoms with Gasteiger partial charge in [-0.15, -0.1) is 0 Å². The maximum absolute atomic E-state index is 11.9. The molecule has 4 aromatic rings. The molecule has 2 aromatic carbocycles. The van der Waals surface area contributed by atoms with Crippen molar-refractivity contribution in [2.75, 3.05) is 26.2 Å². The number of likely N-dealkylation sites (tertiary alicyclic amines) is 1. The Morgan fingerprint density at radius 2 is 1.94 bits per heavy atom. The molecule has 2 aromatic heterocycles. The van der Waals surface area contributed by atoms with Crippen LogP contribution in [-0.2, 0) is 0 Å². The Kier molecular flexibility index (Phi) is 7.07. The van der Waals surface area contributed by atoms with E-state index in [1.54, 1.807) is 16.0 Å². The summed E-state index contributed by atoms with van der Waals surface area (Å²) in [7, 11) is 0. The van der Waals surface area contributed by atoms with Gasteiger partial charge in [0.2, 0.25) is 5.13 Å². The van der Waals surface area contributed by atoms with Crippen molar-refractivity contribution in [3.8, 4) is 22.1 Å². The molecule has 5 rings (SSSR count). The second-order valence-electron chi connectivity index (χ2n) is 9.73. The third-order valence-electron chi connectivity index (χ3n) is 6.62. The van der Waals surface area contributed by atoms with Crippen molar-refractivity contribution in [2.45, 2.75) is 46.0 Å². The molecule has 7 nitrogen and oxygen atoms in total. The number of aromatic nitrogens is 3. The lowest BCUT2D eigenvalue weighted by atomic mass is 10.1. The van der Waals surface area contributed by atoms with E-state index in [1.807, 2.05) is 43.3 Å². The van der Waals surface area contributed by atoms with Gasteiger partial charge in [0.15, 0.2) is 5.69 Å². The molecule has 0 radical (unpaired) electrons. The highest BCUT2D eigenvalue weighted by Gasteiger charge is 2.22. The van der Waals surface area contributed by atoms with Crippen molar-refractivity contribution in [2.24, 2.45) is 0 Å². The van der Waals surface area contributed by atoms with Gasteiger partial charge in [0.1, 0.15) is 12.4 Å². The number of carboxylic acid groups (broad SMARTS) is 1. The number of aromatic carboxylic acids is 1. The molecule has 1 fully saturated rings. The predicted octanol–water partition coefficient (Wildman–Crippen LogP) is 6.14. The summed E-state index contributed by atoms with van der Waals surface area (Å²) >= 11 is 1.55. The number of carbonyl (C=O) groups is 1. The molecule has 3 heterocycles. The Bertz CT molecular complexity index is 1380. The lowest BCUT2D eigenvalue weighted by Crippen LogP contribution is -2.33. The second-order valence-corrected chi connectivity index (χ2v) is 10.7. The van der Waals surface area contributed by atoms with Gasteiger partial charge in [-0.1, -0.05) is 55.4 Å². The molecule has 0 aliphatic carbocycles. The maximum Gasteiger partial charge on any atom is 0.357 e. The zero-order chi connectivity index (χ0) is 25.2. The van der Waals surface area contributed by atoms with Crippen molar-refractivity contribution in [3.63, 3.8) is 0 Å². The number of rotatable bonds is 8. The monoisotopic (exact) mass is 504 g/mol. The Morgan fingerprint density at radius 3 is 2.69 bits per heavy atom. The van der Waals surface area contributed by atoms with Crippen molar-refractivity contribution < 1.29 is 14.6 Å². The summed E-state index contributed by atoms with van der Waals surface area (Å²) in [6, 6.07) is 13.8. The minimum absolute atomic E-state index is 0.0423. The molecule has 1 aliphatic rings. The average Bonchev–Trinajstić information content (AvgIpc) is 3.47. The number of fused-ring (bicyclic) bond motifs is 1. The summed E-state index contributed by atoms with van der Waals surface area (Å²) in [5.74, 6) is 0.0412. The fourth-order valence-electron chi connectivity index (χ4n) is 4.75. The smallest absolute Gasteiger partial charge is 0.357 e. The summed E-state index contributed by atoms with van der Waals surface area (Å²) < 4.78 is 7.78. The zero-order valence-corrected chi connectivity index (χ0v) is 21.8.